The van der Waals surface area contributed by atoms with Gasteiger partial charge in [-0.1, -0.05) is 18.2 Å². The van der Waals surface area contributed by atoms with Crippen LogP contribution in [0.25, 0.3) is 0 Å². The second kappa shape index (κ2) is 4.33. The lowest BCUT2D eigenvalue weighted by atomic mass is 10.0. The number of carbonyl (C=O) groups is 1. The quantitative estimate of drug-likeness (QED) is 0.892. The van der Waals surface area contributed by atoms with Crippen LogP contribution >= 0.6 is 0 Å². The second-order valence-electron chi connectivity index (χ2n) is 7.44. The summed E-state index contributed by atoms with van der Waals surface area (Å²) in [7, 11) is 0. The molecule has 3 heteroatoms. The van der Waals surface area contributed by atoms with E-state index in [0.717, 1.165) is 36.8 Å². The van der Waals surface area contributed by atoms with Crippen molar-refractivity contribution in [1.29, 1.82) is 0 Å². The molecule has 110 valence electrons. The van der Waals surface area contributed by atoms with Crippen LogP contribution in [0.1, 0.15) is 36.0 Å². The van der Waals surface area contributed by atoms with Crippen LogP contribution in [0.4, 0.5) is 0 Å². The maximum atomic E-state index is 12.4. The van der Waals surface area contributed by atoms with E-state index in [2.05, 4.69) is 28.8 Å². The maximum absolute atomic E-state index is 12.4. The molecule has 2 bridgehead atoms. The molecule has 5 rings (SSSR count). The van der Waals surface area contributed by atoms with Gasteiger partial charge in [0.25, 0.3) is 0 Å². The van der Waals surface area contributed by atoms with Gasteiger partial charge in [0.05, 0.1) is 0 Å². The van der Waals surface area contributed by atoms with E-state index < -0.39 is 0 Å². The summed E-state index contributed by atoms with van der Waals surface area (Å²) in [5.74, 6) is 3.91. The van der Waals surface area contributed by atoms with Gasteiger partial charge in [0.1, 0.15) is 0 Å². The van der Waals surface area contributed by atoms with Crippen LogP contribution in [0.3, 0.4) is 0 Å². The highest BCUT2D eigenvalue weighted by atomic mass is 16.2. The van der Waals surface area contributed by atoms with Gasteiger partial charge in [-0.3, -0.25) is 4.79 Å². The lowest BCUT2D eigenvalue weighted by molar-refractivity contribution is -0.123. The maximum Gasteiger partial charge on any atom is 0.223 e. The molecule has 2 N–H and O–H groups in total. The summed E-state index contributed by atoms with van der Waals surface area (Å²) in [6.45, 7) is 2.64. The number of carbonyl (C=O) groups excluding carboxylic acids is 1. The van der Waals surface area contributed by atoms with Gasteiger partial charge in [0.15, 0.2) is 0 Å². The largest absolute Gasteiger partial charge is 0.352 e. The van der Waals surface area contributed by atoms with E-state index in [1.165, 1.54) is 36.0 Å². The monoisotopic (exact) mass is 282 g/mol. The van der Waals surface area contributed by atoms with Crippen LogP contribution in [0.2, 0.25) is 0 Å². The van der Waals surface area contributed by atoms with E-state index in [9.17, 15) is 4.79 Å². The Kier molecular flexibility index (Phi) is 2.52. The van der Waals surface area contributed by atoms with Gasteiger partial charge in [0, 0.05) is 25.6 Å². The molecular weight excluding hydrogens is 260 g/mol. The minimum atomic E-state index is 0.320. The first kappa shape index (κ1) is 12.2. The van der Waals surface area contributed by atoms with Crippen molar-refractivity contribution in [2.75, 3.05) is 0 Å². The molecular formula is C18H22N2O. The number of hydrogen-bond acceptors (Lipinski definition) is 2. The zero-order valence-electron chi connectivity index (χ0n) is 12.3. The van der Waals surface area contributed by atoms with E-state index in [-0.39, 0.29) is 0 Å². The molecule has 0 spiro atoms. The van der Waals surface area contributed by atoms with Crippen LogP contribution in [-0.4, -0.2) is 5.91 Å². The van der Waals surface area contributed by atoms with E-state index in [1.807, 2.05) is 0 Å². The average molecular weight is 282 g/mol. The van der Waals surface area contributed by atoms with Crippen molar-refractivity contribution in [3.05, 3.63) is 34.9 Å². The lowest BCUT2D eigenvalue weighted by Gasteiger charge is -2.10. The molecule has 0 radical (unpaired) electrons. The topological polar surface area (TPSA) is 41.1 Å². The molecule has 3 fully saturated rings. The fourth-order valence-corrected chi connectivity index (χ4v) is 5.44. The van der Waals surface area contributed by atoms with Gasteiger partial charge in [-0.15, -0.1) is 0 Å². The number of nitrogens with one attached hydrogen (secondary N) is 2. The summed E-state index contributed by atoms with van der Waals surface area (Å²) in [6, 6.07) is 6.60. The molecule has 1 amide bonds. The smallest absolute Gasteiger partial charge is 0.223 e. The molecule has 3 saturated carbocycles. The third-order valence-electron chi connectivity index (χ3n) is 6.41. The summed E-state index contributed by atoms with van der Waals surface area (Å²) in [5, 5.41) is 6.55. The molecule has 4 atom stereocenters. The third kappa shape index (κ3) is 1.80. The Balaban J connectivity index is 1.22. The molecule has 1 aromatic rings. The van der Waals surface area contributed by atoms with E-state index in [0.29, 0.717) is 18.4 Å². The van der Waals surface area contributed by atoms with Gasteiger partial charge in [-0.05, 0) is 59.6 Å². The number of fused-ring (bicyclic) bond motifs is 6. The molecule has 0 aromatic heterocycles. The van der Waals surface area contributed by atoms with Crippen molar-refractivity contribution in [2.24, 2.45) is 29.6 Å². The van der Waals surface area contributed by atoms with Crippen molar-refractivity contribution in [2.45, 2.75) is 38.9 Å². The summed E-state index contributed by atoms with van der Waals surface area (Å²) in [4.78, 5) is 12.4. The standard InChI is InChI=1S/C18H22N2O/c21-18(17-15-11-3-4-12(6-11)16(15)17)20-7-10-1-2-13-8-19-9-14(13)5-10/h1-2,5,11-12,15-17,19H,3-4,6-9H2,(H,20,21). The third-order valence-corrected chi connectivity index (χ3v) is 6.41. The summed E-state index contributed by atoms with van der Waals surface area (Å²) >= 11 is 0. The summed E-state index contributed by atoms with van der Waals surface area (Å²) in [6.07, 6.45) is 4.18. The van der Waals surface area contributed by atoms with Crippen LogP contribution in [0, 0.1) is 29.6 Å². The van der Waals surface area contributed by atoms with Gasteiger partial charge in [-0.25, -0.2) is 0 Å². The first-order valence-electron chi connectivity index (χ1n) is 8.40. The van der Waals surface area contributed by atoms with E-state index in [4.69, 9.17) is 0 Å². The van der Waals surface area contributed by atoms with Gasteiger partial charge < -0.3 is 10.6 Å². The fourth-order valence-electron chi connectivity index (χ4n) is 5.44. The normalized spacial score (nSPS) is 38.2. The van der Waals surface area contributed by atoms with Crippen molar-refractivity contribution in [3.8, 4) is 0 Å². The summed E-state index contributed by atoms with van der Waals surface area (Å²) in [5.41, 5.74) is 4.03. The molecule has 3 nitrogen and oxygen atoms in total. The SMILES string of the molecule is O=C(NCc1ccc2c(c1)CNC2)C1C2C3CCC(C3)C12. The van der Waals surface area contributed by atoms with Crippen LogP contribution in [0.5, 0.6) is 0 Å². The Labute approximate surface area is 125 Å². The first-order chi connectivity index (χ1) is 10.3. The minimum absolute atomic E-state index is 0.320. The Hall–Kier alpha value is -1.35. The minimum Gasteiger partial charge on any atom is -0.352 e. The Bertz CT molecular complexity index is 595. The fraction of sp³-hybridized carbons (Fsp3) is 0.611. The average Bonchev–Trinajstić information content (AvgIpc) is 2.87. The highest BCUT2D eigenvalue weighted by molar-refractivity contribution is 5.82. The predicted octanol–water partition coefficient (Wildman–Crippen LogP) is 2.20. The van der Waals surface area contributed by atoms with E-state index >= 15 is 0 Å². The van der Waals surface area contributed by atoms with E-state index in [1.54, 1.807) is 0 Å². The molecule has 4 aliphatic rings. The predicted molar refractivity (Wildman–Crippen MR) is 80.1 cm³/mol. The highest BCUT2D eigenvalue weighted by Gasteiger charge is 2.67. The van der Waals surface area contributed by atoms with Gasteiger partial charge >= 0.3 is 0 Å². The van der Waals surface area contributed by atoms with Crippen molar-refractivity contribution in [3.63, 3.8) is 0 Å². The Morgan fingerprint density at radius 1 is 1.14 bits per heavy atom. The van der Waals surface area contributed by atoms with Crippen molar-refractivity contribution in [1.82, 2.24) is 10.6 Å². The lowest BCUT2D eigenvalue weighted by Crippen LogP contribution is -2.27. The zero-order valence-corrected chi connectivity index (χ0v) is 12.3. The van der Waals surface area contributed by atoms with Crippen molar-refractivity contribution >= 4 is 5.91 Å². The number of rotatable bonds is 3. The number of amides is 1. The molecule has 1 heterocycles. The molecule has 3 aliphatic carbocycles. The molecule has 21 heavy (non-hydrogen) atoms. The molecule has 1 aliphatic heterocycles. The Morgan fingerprint density at radius 2 is 1.90 bits per heavy atom. The Morgan fingerprint density at radius 3 is 2.71 bits per heavy atom. The highest BCUT2D eigenvalue weighted by Crippen LogP contribution is 2.69. The number of benzene rings is 1. The van der Waals surface area contributed by atoms with Gasteiger partial charge in [-0.2, -0.15) is 0 Å². The first-order valence-corrected chi connectivity index (χ1v) is 8.40. The van der Waals surface area contributed by atoms with Crippen LogP contribution in [-0.2, 0) is 24.4 Å². The summed E-state index contributed by atoms with van der Waals surface area (Å²) < 4.78 is 0. The molecule has 1 aromatic carbocycles. The second-order valence-corrected chi connectivity index (χ2v) is 7.44. The van der Waals surface area contributed by atoms with Crippen LogP contribution < -0.4 is 10.6 Å². The van der Waals surface area contributed by atoms with Crippen molar-refractivity contribution < 1.29 is 4.79 Å². The molecule has 0 saturated heterocycles. The van der Waals surface area contributed by atoms with Crippen LogP contribution in [0.15, 0.2) is 18.2 Å². The number of hydrogen-bond donors (Lipinski definition) is 2. The van der Waals surface area contributed by atoms with Gasteiger partial charge in [0.2, 0.25) is 5.91 Å². The zero-order chi connectivity index (χ0) is 14.0. The molecule has 4 unspecified atom stereocenters.